The molecule has 0 radical (unpaired) electrons. The first-order valence-electron chi connectivity index (χ1n) is 9.78. The zero-order chi connectivity index (χ0) is 35.7. The summed E-state index contributed by atoms with van der Waals surface area (Å²) in [6.07, 6.45) is 8.23. The maximum atomic E-state index is 11.4. The molecular formula is C14H16F12N6O8S4. The molecule has 0 unspecified atom stereocenters. The van der Waals surface area contributed by atoms with E-state index in [1.165, 1.54) is 11.6 Å². The summed E-state index contributed by atoms with van der Waals surface area (Å²) >= 11 is 0. The molecule has 2 aromatic heterocycles. The number of hydrogen-bond acceptors (Lipinski definition) is 8. The molecule has 0 amide bonds. The number of imidazole rings is 2. The Hall–Kier alpha value is -2.70. The minimum atomic E-state index is -6.72. The summed E-state index contributed by atoms with van der Waals surface area (Å²) in [5, 5.41) is 0. The van der Waals surface area contributed by atoms with Crippen molar-refractivity contribution in [3.63, 3.8) is 0 Å². The van der Waals surface area contributed by atoms with Crippen LogP contribution in [0, 0.1) is 0 Å². The Labute approximate surface area is 239 Å². The summed E-state index contributed by atoms with van der Waals surface area (Å²) in [5.41, 5.74) is -24.8. The lowest BCUT2D eigenvalue weighted by Crippen LogP contribution is -2.37. The van der Waals surface area contributed by atoms with E-state index in [-0.39, 0.29) is 0 Å². The summed E-state index contributed by atoms with van der Waals surface area (Å²) in [6.45, 7) is 0. The van der Waals surface area contributed by atoms with Crippen molar-refractivity contribution in [1.29, 1.82) is 0 Å². The number of hydrogen-bond donors (Lipinski definition) is 0. The van der Waals surface area contributed by atoms with E-state index in [0.29, 0.717) is 0 Å². The molecular weight excluding hydrogens is 736 g/mol. The zero-order valence-electron chi connectivity index (χ0n) is 21.4. The molecule has 2 heterocycles. The molecule has 0 fully saturated rings. The van der Waals surface area contributed by atoms with Gasteiger partial charge in [0, 0.05) is 0 Å². The predicted octanol–water partition coefficient (Wildman–Crippen LogP) is 1.80. The highest BCUT2D eigenvalue weighted by Crippen LogP contribution is 2.37. The van der Waals surface area contributed by atoms with Crippen LogP contribution in [0.3, 0.4) is 0 Å². The van der Waals surface area contributed by atoms with E-state index in [0.717, 1.165) is 8.25 Å². The second-order valence-electron chi connectivity index (χ2n) is 7.52. The van der Waals surface area contributed by atoms with E-state index in [4.69, 9.17) is 0 Å². The summed E-state index contributed by atoms with van der Waals surface area (Å²) in [7, 11) is -18.7. The molecule has 258 valence electrons. The fourth-order valence-corrected chi connectivity index (χ4v) is 5.66. The largest absolute Gasteiger partial charge is 0.480 e. The highest BCUT2D eigenvalue weighted by atomic mass is 32.3. The van der Waals surface area contributed by atoms with Crippen molar-refractivity contribution in [2.24, 2.45) is 28.2 Å². The molecule has 0 saturated heterocycles. The smallest absolute Gasteiger partial charge is 0.421 e. The van der Waals surface area contributed by atoms with Crippen LogP contribution in [0.5, 0.6) is 0 Å². The van der Waals surface area contributed by atoms with Gasteiger partial charge in [-0.2, -0.15) is 52.7 Å². The SMILES string of the molecule is Cn1cc[n+](C)c1-c1n(C)cc[n+]1C.O=S(=O)([N-]S(=O)(=O)C(F)(F)F)C(F)(F)F.O=S(=O)([N-]S(=O)(=O)C(F)(F)F)C(F)(F)F. The van der Waals surface area contributed by atoms with Crippen LogP contribution in [0.2, 0.25) is 0 Å². The van der Waals surface area contributed by atoms with Gasteiger partial charge in [-0.3, -0.25) is 0 Å². The second-order valence-corrected chi connectivity index (χ2v) is 14.4. The van der Waals surface area contributed by atoms with E-state index in [1.807, 2.05) is 0 Å². The average Bonchev–Trinajstić information content (AvgIpc) is 3.24. The van der Waals surface area contributed by atoms with Crippen LogP contribution >= 0.6 is 0 Å². The number of aryl methyl sites for hydroxylation is 4. The molecule has 0 bridgehead atoms. The van der Waals surface area contributed by atoms with Crippen molar-refractivity contribution in [2.75, 3.05) is 0 Å². The molecule has 14 nitrogen and oxygen atoms in total. The Balaban J connectivity index is 0.000000630. The lowest BCUT2D eigenvalue weighted by molar-refractivity contribution is -0.690. The molecule has 0 N–H and O–H groups in total. The van der Waals surface area contributed by atoms with Crippen LogP contribution in [-0.4, -0.2) is 64.8 Å². The van der Waals surface area contributed by atoms with Gasteiger partial charge < -0.3 is 8.25 Å². The number of aromatic nitrogens is 4. The van der Waals surface area contributed by atoms with Gasteiger partial charge >= 0.3 is 33.7 Å². The minimum absolute atomic E-state index is 0.778. The van der Waals surface area contributed by atoms with E-state index < -0.39 is 62.1 Å². The third kappa shape index (κ3) is 10.2. The van der Waals surface area contributed by atoms with E-state index in [2.05, 4.69) is 71.2 Å². The number of halogens is 12. The monoisotopic (exact) mass is 752 g/mol. The Kier molecular flexibility index (Phi) is 12.2. The van der Waals surface area contributed by atoms with Crippen LogP contribution in [-0.2, 0) is 68.3 Å². The van der Waals surface area contributed by atoms with Gasteiger partial charge in [0.2, 0.25) is 0 Å². The highest BCUT2D eigenvalue weighted by molar-refractivity contribution is 8.13. The topological polar surface area (TPSA) is 182 Å². The summed E-state index contributed by atoms with van der Waals surface area (Å²) in [6, 6.07) is 0. The summed E-state index contributed by atoms with van der Waals surface area (Å²) < 4.78 is 227. The fourth-order valence-electron chi connectivity index (χ4n) is 2.24. The van der Waals surface area contributed by atoms with Gasteiger partial charge in [-0.05, 0) is 0 Å². The van der Waals surface area contributed by atoms with Crippen LogP contribution < -0.4 is 9.13 Å². The molecule has 44 heavy (non-hydrogen) atoms. The number of rotatable bonds is 5. The van der Waals surface area contributed by atoms with Crippen LogP contribution in [0.25, 0.3) is 19.9 Å². The first-order valence-corrected chi connectivity index (χ1v) is 15.5. The van der Waals surface area contributed by atoms with Crippen molar-refractivity contribution in [2.45, 2.75) is 22.0 Å². The second kappa shape index (κ2) is 13.0. The average molecular weight is 753 g/mol. The number of alkyl halides is 12. The molecule has 2 aromatic rings. The van der Waals surface area contributed by atoms with E-state index >= 15 is 0 Å². The van der Waals surface area contributed by atoms with Crippen molar-refractivity contribution in [3.8, 4) is 11.6 Å². The Morgan fingerprint density at radius 2 is 0.682 bits per heavy atom. The predicted molar refractivity (Wildman–Crippen MR) is 119 cm³/mol. The quantitative estimate of drug-likeness (QED) is 0.327. The number of sulfonamides is 4. The zero-order valence-corrected chi connectivity index (χ0v) is 24.7. The summed E-state index contributed by atoms with van der Waals surface area (Å²) in [5.74, 6) is 2.39. The van der Waals surface area contributed by atoms with Crippen molar-refractivity contribution < 1.29 is 95.5 Å². The molecule has 0 aliphatic heterocycles. The van der Waals surface area contributed by atoms with Gasteiger partial charge in [-0.15, -0.1) is 0 Å². The standard InChI is InChI=1S/C10H16N4.2C2F6NO4S2/c1-11-5-6-12(2)9(11)10-13(3)7-8-14(10)4;2*3-1(4,5)14(10,11)9-15(12,13)2(6,7)8/h5-8H,1-4H3;;/q+2;2*-1. The molecule has 0 saturated carbocycles. The summed E-state index contributed by atoms with van der Waals surface area (Å²) in [4.78, 5) is 0. The third-order valence-corrected chi connectivity index (χ3v) is 9.61. The molecule has 0 aliphatic rings. The molecule has 0 spiro atoms. The molecule has 30 heteroatoms. The minimum Gasteiger partial charge on any atom is -0.421 e. The van der Waals surface area contributed by atoms with Crippen molar-refractivity contribution in [3.05, 3.63) is 33.0 Å². The van der Waals surface area contributed by atoms with E-state index in [9.17, 15) is 86.4 Å². The molecule has 2 rings (SSSR count). The van der Waals surface area contributed by atoms with Crippen molar-refractivity contribution >= 4 is 40.1 Å². The van der Waals surface area contributed by atoms with Gasteiger partial charge in [0.25, 0.3) is 0 Å². The van der Waals surface area contributed by atoms with Crippen LogP contribution in [0.4, 0.5) is 52.7 Å². The molecule has 0 atom stereocenters. The Bertz CT molecular complexity index is 1500. The maximum absolute atomic E-state index is 11.4. The van der Waals surface area contributed by atoms with Gasteiger partial charge in [0.05, 0.1) is 28.2 Å². The first-order chi connectivity index (χ1) is 19.0. The van der Waals surface area contributed by atoms with Gasteiger partial charge in [-0.1, -0.05) is 0 Å². The van der Waals surface area contributed by atoms with Gasteiger partial charge in [-0.25, -0.2) is 51.9 Å². The Morgan fingerprint density at radius 1 is 0.500 bits per heavy atom. The molecule has 0 aliphatic carbocycles. The van der Waals surface area contributed by atoms with Crippen LogP contribution in [0.1, 0.15) is 0 Å². The first kappa shape index (κ1) is 41.3. The Morgan fingerprint density at radius 3 is 0.795 bits per heavy atom. The lowest BCUT2D eigenvalue weighted by atomic mass is 10.5. The number of nitrogens with zero attached hydrogens (tertiary/aromatic N) is 6. The van der Waals surface area contributed by atoms with E-state index in [1.54, 1.807) is 0 Å². The third-order valence-electron chi connectivity index (χ3n) is 4.13. The van der Waals surface area contributed by atoms with Crippen LogP contribution in [0.15, 0.2) is 24.8 Å². The van der Waals surface area contributed by atoms with Gasteiger partial charge in [0.15, 0.2) is 40.1 Å². The normalized spacial score (nSPS) is 13.9. The van der Waals surface area contributed by atoms with Gasteiger partial charge in [0.1, 0.15) is 24.8 Å². The fraction of sp³-hybridized carbons (Fsp3) is 0.571. The lowest BCUT2D eigenvalue weighted by Gasteiger charge is -2.22. The van der Waals surface area contributed by atoms with Crippen molar-refractivity contribution in [1.82, 2.24) is 9.13 Å². The maximum Gasteiger partial charge on any atom is 0.480 e. The molecule has 0 aromatic carbocycles. The highest BCUT2D eigenvalue weighted by Gasteiger charge is 2.48.